The van der Waals surface area contributed by atoms with Gasteiger partial charge in [-0.1, -0.05) is 30.3 Å². The number of likely N-dealkylation sites (tertiary alicyclic amines) is 1. The molecule has 1 heterocycles. The van der Waals surface area contributed by atoms with Crippen LogP contribution in [-0.4, -0.2) is 29.5 Å². The van der Waals surface area contributed by atoms with Crippen molar-refractivity contribution in [1.82, 2.24) is 4.90 Å². The van der Waals surface area contributed by atoms with Gasteiger partial charge >= 0.3 is 12.1 Å². The van der Waals surface area contributed by atoms with Crippen molar-refractivity contribution < 1.29 is 18.6 Å². The summed E-state index contributed by atoms with van der Waals surface area (Å²) in [5.41, 5.74) is 0.895. The summed E-state index contributed by atoms with van der Waals surface area (Å²) in [6, 6.07) is 8.71. The third kappa shape index (κ3) is 3.38. The standard InChI is InChI=1S/C13H14ClNO4/c14-19-12(16)11-7-4-8-15(11)13(17)18-9-10-5-2-1-3-6-10/h1-3,5-6,11H,4,7-9H2/t11-/m0/s1. The molecular formula is C13H14ClNO4. The molecule has 1 saturated heterocycles. The van der Waals surface area contributed by atoms with Crippen molar-refractivity contribution in [3.05, 3.63) is 35.9 Å². The van der Waals surface area contributed by atoms with Gasteiger partial charge in [0.2, 0.25) is 0 Å². The minimum Gasteiger partial charge on any atom is -0.445 e. The zero-order chi connectivity index (χ0) is 13.7. The number of benzene rings is 1. The Morgan fingerprint density at radius 1 is 1.32 bits per heavy atom. The zero-order valence-electron chi connectivity index (χ0n) is 10.3. The number of hydrogen-bond donors (Lipinski definition) is 0. The number of carbonyl (C=O) groups is 2. The Morgan fingerprint density at radius 3 is 2.74 bits per heavy atom. The van der Waals surface area contributed by atoms with Crippen LogP contribution >= 0.6 is 11.9 Å². The average Bonchev–Trinajstić information content (AvgIpc) is 2.94. The van der Waals surface area contributed by atoms with Crippen LogP contribution < -0.4 is 0 Å². The lowest BCUT2D eigenvalue weighted by Crippen LogP contribution is -2.40. The van der Waals surface area contributed by atoms with Crippen LogP contribution in [0.25, 0.3) is 0 Å². The molecule has 1 amide bonds. The van der Waals surface area contributed by atoms with E-state index in [0.29, 0.717) is 13.0 Å². The predicted molar refractivity (Wildman–Crippen MR) is 68.3 cm³/mol. The number of nitrogens with zero attached hydrogens (tertiary/aromatic N) is 1. The second-order valence-electron chi connectivity index (χ2n) is 4.29. The van der Waals surface area contributed by atoms with Gasteiger partial charge in [0, 0.05) is 6.54 Å². The summed E-state index contributed by atoms with van der Waals surface area (Å²) in [6.07, 6.45) is 0.761. The number of hydrogen-bond acceptors (Lipinski definition) is 4. The van der Waals surface area contributed by atoms with Gasteiger partial charge < -0.3 is 9.03 Å². The first kappa shape index (κ1) is 13.7. The highest BCUT2D eigenvalue weighted by Gasteiger charge is 2.36. The van der Waals surface area contributed by atoms with Crippen molar-refractivity contribution in [2.45, 2.75) is 25.5 Å². The number of ether oxygens (including phenoxy) is 1. The molecule has 1 aromatic carbocycles. The van der Waals surface area contributed by atoms with E-state index in [1.54, 1.807) is 0 Å². The number of amides is 1. The van der Waals surface area contributed by atoms with E-state index in [1.807, 2.05) is 30.3 Å². The van der Waals surface area contributed by atoms with E-state index in [0.717, 1.165) is 12.0 Å². The monoisotopic (exact) mass is 283 g/mol. The molecule has 6 heteroatoms. The Kier molecular flexibility index (Phi) is 4.63. The fraction of sp³-hybridized carbons (Fsp3) is 0.385. The summed E-state index contributed by atoms with van der Waals surface area (Å²) in [7, 11) is 0. The third-order valence-electron chi connectivity index (χ3n) is 3.04. The second kappa shape index (κ2) is 6.43. The normalized spacial score (nSPS) is 18.2. The minimum atomic E-state index is -0.638. The van der Waals surface area contributed by atoms with Crippen LogP contribution in [0.5, 0.6) is 0 Å². The molecule has 5 nitrogen and oxygen atoms in total. The number of carbonyl (C=O) groups excluding carboxylic acids is 2. The van der Waals surface area contributed by atoms with Gasteiger partial charge in [-0.15, -0.1) is 0 Å². The molecule has 0 saturated carbocycles. The maximum atomic E-state index is 11.9. The maximum absolute atomic E-state index is 11.9. The van der Waals surface area contributed by atoms with Crippen molar-refractivity contribution in [2.24, 2.45) is 0 Å². The van der Waals surface area contributed by atoms with Crippen LogP contribution in [0, 0.1) is 0 Å². The fourth-order valence-electron chi connectivity index (χ4n) is 2.08. The largest absolute Gasteiger partial charge is 0.445 e. The Balaban J connectivity index is 1.90. The van der Waals surface area contributed by atoms with Gasteiger partial charge in [0.15, 0.2) is 0 Å². The van der Waals surface area contributed by atoms with Crippen molar-refractivity contribution >= 4 is 23.9 Å². The van der Waals surface area contributed by atoms with Gasteiger partial charge in [0.1, 0.15) is 24.5 Å². The molecule has 1 aliphatic rings. The molecule has 2 rings (SSSR count). The average molecular weight is 284 g/mol. The molecule has 0 unspecified atom stereocenters. The summed E-state index contributed by atoms with van der Waals surface area (Å²) in [4.78, 5) is 24.7. The summed E-state index contributed by atoms with van der Waals surface area (Å²) < 4.78 is 9.33. The van der Waals surface area contributed by atoms with Crippen LogP contribution in [0.3, 0.4) is 0 Å². The molecule has 1 fully saturated rings. The molecule has 0 aromatic heterocycles. The van der Waals surface area contributed by atoms with Crippen molar-refractivity contribution in [1.29, 1.82) is 0 Å². The quantitative estimate of drug-likeness (QED) is 0.855. The van der Waals surface area contributed by atoms with Gasteiger partial charge in [-0.25, -0.2) is 9.59 Å². The zero-order valence-corrected chi connectivity index (χ0v) is 11.0. The highest BCUT2D eigenvalue weighted by Crippen LogP contribution is 2.20. The van der Waals surface area contributed by atoms with Crippen molar-refractivity contribution in [3.8, 4) is 0 Å². The highest BCUT2D eigenvalue weighted by atomic mass is 35.5. The maximum Gasteiger partial charge on any atom is 0.410 e. The van der Waals surface area contributed by atoms with E-state index in [9.17, 15) is 9.59 Å². The first-order valence-electron chi connectivity index (χ1n) is 6.02. The van der Waals surface area contributed by atoms with Gasteiger partial charge in [-0.3, -0.25) is 4.90 Å². The van der Waals surface area contributed by atoms with Gasteiger partial charge in [-0.2, -0.15) is 0 Å². The van der Waals surface area contributed by atoms with Crippen LogP contribution in [0.1, 0.15) is 18.4 Å². The Hall–Kier alpha value is -1.75. The number of halogens is 1. The van der Waals surface area contributed by atoms with Crippen LogP contribution in [0.4, 0.5) is 4.79 Å². The van der Waals surface area contributed by atoms with Crippen molar-refractivity contribution in [3.63, 3.8) is 0 Å². The van der Waals surface area contributed by atoms with E-state index in [4.69, 9.17) is 16.6 Å². The first-order valence-corrected chi connectivity index (χ1v) is 6.33. The molecule has 0 N–H and O–H groups in total. The topological polar surface area (TPSA) is 55.8 Å². The van der Waals surface area contributed by atoms with E-state index >= 15 is 0 Å². The van der Waals surface area contributed by atoms with Gasteiger partial charge in [-0.05, 0) is 18.4 Å². The number of rotatable bonds is 3. The predicted octanol–water partition coefficient (Wildman–Crippen LogP) is 2.48. The van der Waals surface area contributed by atoms with Crippen LogP contribution in [-0.2, 0) is 20.4 Å². The Bertz CT molecular complexity index is 451. The molecule has 1 atom stereocenters. The van der Waals surface area contributed by atoms with E-state index in [-0.39, 0.29) is 6.61 Å². The fourth-order valence-corrected chi connectivity index (χ4v) is 2.19. The Morgan fingerprint density at radius 2 is 2.05 bits per heavy atom. The molecule has 1 aromatic rings. The summed E-state index contributed by atoms with van der Waals surface area (Å²) in [5.74, 6) is -0.615. The molecular weight excluding hydrogens is 270 g/mol. The molecule has 0 bridgehead atoms. The first-order chi connectivity index (χ1) is 9.22. The molecule has 1 aliphatic heterocycles. The summed E-state index contributed by atoms with van der Waals surface area (Å²) in [6.45, 7) is 0.656. The minimum absolute atomic E-state index is 0.179. The third-order valence-corrected chi connectivity index (χ3v) is 3.19. The molecule has 0 aliphatic carbocycles. The lowest BCUT2D eigenvalue weighted by molar-refractivity contribution is -0.138. The van der Waals surface area contributed by atoms with E-state index < -0.39 is 18.1 Å². The Labute approximate surface area is 116 Å². The summed E-state index contributed by atoms with van der Waals surface area (Å²) in [5, 5.41) is 0. The van der Waals surface area contributed by atoms with Gasteiger partial charge in [0.25, 0.3) is 0 Å². The van der Waals surface area contributed by atoms with Crippen LogP contribution in [0.15, 0.2) is 30.3 Å². The molecule has 19 heavy (non-hydrogen) atoms. The molecule has 0 spiro atoms. The van der Waals surface area contributed by atoms with Gasteiger partial charge in [0.05, 0.1) is 0 Å². The van der Waals surface area contributed by atoms with Crippen molar-refractivity contribution in [2.75, 3.05) is 6.54 Å². The lowest BCUT2D eigenvalue weighted by Gasteiger charge is -2.21. The SMILES string of the molecule is O=C(OCl)[C@@H]1CCCN1C(=O)OCc1ccccc1. The smallest absolute Gasteiger partial charge is 0.410 e. The highest BCUT2D eigenvalue weighted by molar-refractivity contribution is 6.13. The summed E-state index contributed by atoms with van der Waals surface area (Å²) >= 11 is 5.05. The molecule has 0 radical (unpaired) electrons. The van der Waals surface area contributed by atoms with E-state index in [1.165, 1.54) is 4.90 Å². The molecule has 102 valence electrons. The second-order valence-corrected chi connectivity index (χ2v) is 4.44. The lowest BCUT2D eigenvalue weighted by atomic mass is 10.2. The van der Waals surface area contributed by atoms with E-state index in [2.05, 4.69) is 4.29 Å². The van der Waals surface area contributed by atoms with Crippen LogP contribution in [0.2, 0.25) is 0 Å².